The Morgan fingerprint density at radius 2 is 2.06 bits per heavy atom. The minimum Gasteiger partial charge on any atom is -0.384 e. The molecule has 0 radical (unpaired) electrons. The molecule has 1 aliphatic rings. The van der Waals surface area contributed by atoms with Crippen LogP contribution in [-0.2, 0) is 4.74 Å². The highest BCUT2D eigenvalue weighted by Crippen LogP contribution is 2.28. The van der Waals surface area contributed by atoms with Gasteiger partial charge < -0.3 is 9.64 Å². The highest BCUT2D eigenvalue weighted by atomic mass is 35.5. The summed E-state index contributed by atoms with van der Waals surface area (Å²) in [6.07, 6.45) is 1.12. The lowest BCUT2D eigenvalue weighted by Gasteiger charge is -2.19. The summed E-state index contributed by atoms with van der Waals surface area (Å²) >= 11 is 6.16. The van der Waals surface area contributed by atoms with Crippen LogP contribution in [0.5, 0.6) is 0 Å². The van der Waals surface area contributed by atoms with E-state index < -0.39 is 0 Å². The third kappa shape index (κ3) is 2.69. The van der Waals surface area contributed by atoms with E-state index in [4.69, 9.17) is 16.3 Å². The molecular formula is C12H18ClN3O. The van der Waals surface area contributed by atoms with Gasteiger partial charge >= 0.3 is 0 Å². The van der Waals surface area contributed by atoms with E-state index in [1.807, 2.05) is 13.8 Å². The van der Waals surface area contributed by atoms with Gasteiger partial charge in [0.1, 0.15) is 0 Å². The van der Waals surface area contributed by atoms with Gasteiger partial charge in [-0.3, -0.25) is 0 Å². The summed E-state index contributed by atoms with van der Waals surface area (Å²) in [6.45, 7) is 6.61. The predicted molar refractivity (Wildman–Crippen MR) is 68.7 cm³/mol. The van der Waals surface area contributed by atoms with Crippen molar-refractivity contribution < 1.29 is 4.74 Å². The molecule has 4 nitrogen and oxygen atoms in total. The SMILES string of the molecule is COCC1CCN(c2nc(C)c(C)nc2Cl)C1. The minimum absolute atomic E-state index is 0.506. The number of ether oxygens (including phenoxy) is 1. The van der Waals surface area contributed by atoms with Crippen molar-refractivity contribution >= 4 is 17.4 Å². The number of hydrogen-bond acceptors (Lipinski definition) is 4. The first-order valence-corrected chi connectivity index (χ1v) is 6.24. The maximum absolute atomic E-state index is 6.16. The summed E-state index contributed by atoms with van der Waals surface area (Å²) in [7, 11) is 1.74. The summed E-state index contributed by atoms with van der Waals surface area (Å²) in [5.41, 5.74) is 1.84. The van der Waals surface area contributed by atoms with Gasteiger partial charge in [0.15, 0.2) is 11.0 Å². The number of anilines is 1. The van der Waals surface area contributed by atoms with E-state index in [0.717, 1.165) is 43.3 Å². The number of aryl methyl sites for hydroxylation is 2. The third-order valence-corrected chi connectivity index (χ3v) is 3.49. The second-order valence-electron chi connectivity index (χ2n) is 4.56. The van der Waals surface area contributed by atoms with Crippen LogP contribution >= 0.6 is 11.6 Å². The van der Waals surface area contributed by atoms with Crippen LogP contribution in [-0.4, -0.2) is 36.8 Å². The van der Waals surface area contributed by atoms with Gasteiger partial charge in [-0.1, -0.05) is 11.6 Å². The number of rotatable bonds is 3. The van der Waals surface area contributed by atoms with Crippen molar-refractivity contribution in [3.63, 3.8) is 0 Å². The normalized spacial score (nSPS) is 20.0. The molecule has 1 aromatic heterocycles. The lowest BCUT2D eigenvalue weighted by atomic mass is 10.1. The van der Waals surface area contributed by atoms with E-state index in [-0.39, 0.29) is 0 Å². The van der Waals surface area contributed by atoms with Crippen molar-refractivity contribution in [1.29, 1.82) is 0 Å². The maximum atomic E-state index is 6.16. The molecule has 0 spiro atoms. The van der Waals surface area contributed by atoms with Crippen molar-refractivity contribution in [2.45, 2.75) is 20.3 Å². The topological polar surface area (TPSA) is 38.2 Å². The van der Waals surface area contributed by atoms with E-state index in [9.17, 15) is 0 Å². The van der Waals surface area contributed by atoms with E-state index in [0.29, 0.717) is 11.1 Å². The standard InChI is InChI=1S/C12H18ClN3O/c1-8-9(2)15-12(11(13)14-8)16-5-4-10(6-16)7-17-3/h10H,4-7H2,1-3H3. The lowest BCUT2D eigenvalue weighted by molar-refractivity contribution is 0.161. The fraction of sp³-hybridized carbons (Fsp3) is 0.667. The monoisotopic (exact) mass is 255 g/mol. The molecule has 1 aromatic rings. The van der Waals surface area contributed by atoms with Gasteiger partial charge in [0, 0.05) is 26.1 Å². The summed E-state index contributed by atoms with van der Waals surface area (Å²) in [4.78, 5) is 11.1. The van der Waals surface area contributed by atoms with E-state index in [1.54, 1.807) is 7.11 Å². The van der Waals surface area contributed by atoms with Gasteiger partial charge in [0.2, 0.25) is 0 Å². The van der Waals surface area contributed by atoms with Crippen molar-refractivity contribution in [2.24, 2.45) is 5.92 Å². The first kappa shape index (κ1) is 12.6. The summed E-state index contributed by atoms with van der Waals surface area (Å²) in [5.74, 6) is 1.38. The van der Waals surface area contributed by atoms with E-state index in [1.165, 1.54) is 0 Å². The molecule has 0 aromatic carbocycles. The maximum Gasteiger partial charge on any atom is 0.171 e. The van der Waals surface area contributed by atoms with Crippen LogP contribution in [0.15, 0.2) is 0 Å². The minimum atomic E-state index is 0.506. The molecule has 0 aliphatic carbocycles. The molecular weight excluding hydrogens is 238 g/mol. The average Bonchev–Trinajstić information content (AvgIpc) is 2.72. The van der Waals surface area contributed by atoms with Gasteiger partial charge in [0.25, 0.3) is 0 Å². The highest BCUT2D eigenvalue weighted by molar-refractivity contribution is 6.31. The fourth-order valence-corrected chi connectivity index (χ4v) is 2.45. The van der Waals surface area contributed by atoms with Crippen LogP contribution in [0.3, 0.4) is 0 Å². The first-order valence-electron chi connectivity index (χ1n) is 5.86. The second-order valence-corrected chi connectivity index (χ2v) is 4.92. The van der Waals surface area contributed by atoms with Crippen molar-refractivity contribution in [2.75, 3.05) is 31.7 Å². The number of nitrogens with zero attached hydrogens (tertiary/aromatic N) is 3. The Morgan fingerprint density at radius 3 is 2.76 bits per heavy atom. The molecule has 94 valence electrons. The van der Waals surface area contributed by atoms with Crippen molar-refractivity contribution in [1.82, 2.24) is 9.97 Å². The molecule has 1 aliphatic heterocycles. The molecule has 5 heteroatoms. The molecule has 17 heavy (non-hydrogen) atoms. The van der Waals surface area contributed by atoms with Crippen LogP contribution in [0.4, 0.5) is 5.82 Å². The molecule has 1 unspecified atom stereocenters. The summed E-state index contributed by atoms with van der Waals surface area (Å²) in [6, 6.07) is 0. The smallest absolute Gasteiger partial charge is 0.171 e. The molecule has 1 fully saturated rings. The zero-order valence-electron chi connectivity index (χ0n) is 10.5. The van der Waals surface area contributed by atoms with Crippen molar-refractivity contribution in [3.05, 3.63) is 16.5 Å². The van der Waals surface area contributed by atoms with Crippen LogP contribution < -0.4 is 4.90 Å². The molecule has 1 atom stereocenters. The quantitative estimate of drug-likeness (QED) is 0.830. The first-order chi connectivity index (χ1) is 8.11. The number of methoxy groups -OCH3 is 1. The second kappa shape index (κ2) is 5.19. The molecule has 2 heterocycles. The molecule has 2 rings (SSSR count). The van der Waals surface area contributed by atoms with E-state index >= 15 is 0 Å². The van der Waals surface area contributed by atoms with Crippen LogP contribution in [0, 0.1) is 19.8 Å². The number of hydrogen-bond donors (Lipinski definition) is 0. The van der Waals surface area contributed by atoms with Crippen LogP contribution in [0.1, 0.15) is 17.8 Å². The Kier molecular flexibility index (Phi) is 3.84. The van der Waals surface area contributed by atoms with Gasteiger partial charge in [-0.05, 0) is 20.3 Å². The largest absolute Gasteiger partial charge is 0.384 e. The number of halogens is 1. The third-order valence-electron chi connectivity index (χ3n) is 3.24. The Hall–Kier alpha value is -0.870. The zero-order valence-corrected chi connectivity index (χ0v) is 11.3. The van der Waals surface area contributed by atoms with E-state index in [2.05, 4.69) is 14.9 Å². The summed E-state index contributed by atoms with van der Waals surface area (Å²) < 4.78 is 5.19. The average molecular weight is 256 g/mol. The predicted octanol–water partition coefficient (Wildman–Crippen LogP) is 2.22. The number of aromatic nitrogens is 2. The molecule has 0 N–H and O–H groups in total. The van der Waals surface area contributed by atoms with Gasteiger partial charge in [0.05, 0.1) is 18.0 Å². The molecule has 1 saturated heterocycles. The Labute approximate surface area is 107 Å². The fourth-order valence-electron chi connectivity index (χ4n) is 2.16. The van der Waals surface area contributed by atoms with Gasteiger partial charge in [-0.2, -0.15) is 0 Å². The lowest BCUT2D eigenvalue weighted by Crippen LogP contribution is -2.23. The van der Waals surface area contributed by atoms with Crippen LogP contribution in [0.25, 0.3) is 0 Å². The molecule has 0 bridgehead atoms. The highest BCUT2D eigenvalue weighted by Gasteiger charge is 2.25. The van der Waals surface area contributed by atoms with Gasteiger partial charge in [-0.15, -0.1) is 0 Å². The van der Waals surface area contributed by atoms with Crippen molar-refractivity contribution in [3.8, 4) is 0 Å². The Bertz CT molecular complexity index is 411. The molecule has 0 amide bonds. The summed E-state index contributed by atoms with van der Waals surface area (Å²) in [5, 5.41) is 0.506. The molecule has 0 saturated carbocycles. The van der Waals surface area contributed by atoms with Crippen LogP contribution in [0.2, 0.25) is 5.15 Å². The Balaban J connectivity index is 2.16. The zero-order chi connectivity index (χ0) is 12.4. The van der Waals surface area contributed by atoms with Gasteiger partial charge in [-0.25, -0.2) is 9.97 Å². The Morgan fingerprint density at radius 1 is 1.35 bits per heavy atom.